The summed E-state index contributed by atoms with van der Waals surface area (Å²) in [5.41, 5.74) is 2.68. The molecular formula is C32H54N2O4. The smallest absolute Gasteiger partial charge is 0.0611 e. The Balaban J connectivity index is 1.42. The number of aryl methyl sites for hydroxylation is 3. The van der Waals surface area contributed by atoms with Crippen LogP contribution in [0.25, 0.3) is 0 Å². The number of piperidine rings is 2. The minimum absolute atomic E-state index is 0.144. The van der Waals surface area contributed by atoms with Crippen LogP contribution in [0.1, 0.15) is 118 Å². The number of benzene rings is 1. The van der Waals surface area contributed by atoms with Gasteiger partial charge in [0.2, 0.25) is 0 Å². The molecule has 0 aromatic heterocycles. The molecule has 3 rings (SSSR count). The van der Waals surface area contributed by atoms with Gasteiger partial charge in [-0.2, -0.15) is 0 Å². The quantitative estimate of drug-likeness (QED) is 0.293. The molecule has 1 aromatic rings. The molecule has 2 fully saturated rings. The molecule has 216 valence electrons. The van der Waals surface area contributed by atoms with Gasteiger partial charge in [0.25, 0.3) is 0 Å². The van der Waals surface area contributed by atoms with Crippen LogP contribution in [0.3, 0.4) is 0 Å². The minimum Gasteiger partial charge on any atom is -0.378 e. The Labute approximate surface area is 232 Å². The first-order valence-corrected chi connectivity index (χ1v) is 14.9. The first kappa shape index (κ1) is 31.5. The van der Waals surface area contributed by atoms with Gasteiger partial charge in [0, 0.05) is 35.4 Å². The molecule has 0 spiro atoms. The van der Waals surface area contributed by atoms with Crippen molar-refractivity contribution in [3.8, 4) is 0 Å². The molecule has 6 heteroatoms. The van der Waals surface area contributed by atoms with Crippen LogP contribution in [0.2, 0.25) is 0 Å². The standard InChI is InChI=1S/C32H54N2O4/c1-10-25-19-24(13-11-17-37-27-20-29(2,3)33(35)30(4,5)21-27)15-16-26(25)14-12-18-38-28-22-31(6,7)34(36)32(8,9)23-28/h15-16,19,27-28H,10-14,17-18,20-23H2,1-9H3. The van der Waals surface area contributed by atoms with E-state index in [-0.39, 0.29) is 34.4 Å². The molecule has 0 saturated carbocycles. The highest BCUT2D eigenvalue weighted by Gasteiger charge is 2.47. The van der Waals surface area contributed by atoms with Crippen molar-refractivity contribution >= 4 is 0 Å². The van der Waals surface area contributed by atoms with Crippen LogP contribution >= 0.6 is 0 Å². The first-order valence-electron chi connectivity index (χ1n) is 14.9. The topological polar surface area (TPSA) is 64.7 Å². The van der Waals surface area contributed by atoms with Crippen molar-refractivity contribution in [1.29, 1.82) is 0 Å². The van der Waals surface area contributed by atoms with Gasteiger partial charge in [0.1, 0.15) is 0 Å². The maximum absolute atomic E-state index is 12.6. The van der Waals surface area contributed by atoms with E-state index in [2.05, 4.69) is 25.1 Å². The number of ether oxygens (including phenoxy) is 2. The zero-order chi connectivity index (χ0) is 28.4. The fourth-order valence-electron chi connectivity index (χ4n) is 7.03. The molecule has 2 aliphatic rings. The molecule has 2 radical (unpaired) electrons. The van der Waals surface area contributed by atoms with Crippen molar-refractivity contribution in [2.24, 2.45) is 0 Å². The lowest BCUT2D eigenvalue weighted by Gasteiger charge is -2.49. The Kier molecular flexibility index (Phi) is 10.1. The highest BCUT2D eigenvalue weighted by Crippen LogP contribution is 2.39. The third-order valence-corrected chi connectivity index (χ3v) is 8.67. The fraction of sp³-hybridized carbons (Fsp3) is 0.812. The summed E-state index contributed by atoms with van der Waals surface area (Å²) in [6, 6.07) is 6.94. The molecule has 6 nitrogen and oxygen atoms in total. The molecule has 38 heavy (non-hydrogen) atoms. The van der Waals surface area contributed by atoms with E-state index in [0.717, 1.165) is 71.0 Å². The number of hydrogen-bond acceptors (Lipinski definition) is 4. The van der Waals surface area contributed by atoms with Crippen LogP contribution in [0.15, 0.2) is 18.2 Å². The second-order valence-corrected chi connectivity index (χ2v) is 14.3. The van der Waals surface area contributed by atoms with Crippen molar-refractivity contribution in [3.05, 3.63) is 34.9 Å². The number of hydroxylamine groups is 4. The average molecular weight is 531 g/mol. The summed E-state index contributed by atoms with van der Waals surface area (Å²) in [5, 5.41) is 27.7. The van der Waals surface area contributed by atoms with Gasteiger partial charge in [-0.05, 0) is 130 Å². The van der Waals surface area contributed by atoms with Crippen LogP contribution in [0, 0.1) is 0 Å². The van der Waals surface area contributed by atoms with Crippen molar-refractivity contribution < 1.29 is 19.9 Å². The minimum atomic E-state index is -0.385. The van der Waals surface area contributed by atoms with Crippen LogP contribution < -0.4 is 0 Å². The highest BCUT2D eigenvalue weighted by molar-refractivity contribution is 5.32. The summed E-state index contributed by atoms with van der Waals surface area (Å²) < 4.78 is 12.5. The molecule has 2 aliphatic heterocycles. The lowest BCUT2D eigenvalue weighted by Crippen LogP contribution is -2.59. The highest BCUT2D eigenvalue weighted by atomic mass is 16.5. The SMILES string of the molecule is CCc1cc(CCCOC2CC(C)(C)N([O])C(C)(C)C2)ccc1CCCOC1CC(C)(C)N([O])C(C)(C)C1. The van der Waals surface area contributed by atoms with E-state index in [1.54, 1.807) is 0 Å². The fourth-order valence-corrected chi connectivity index (χ4v) is 7.03. The van der Waals surface area contributed by atoms with E-state index in [1.165, 1.54) is 26.8 Å². The lowest BCUT2D eigenvalue weighted by atomic mass is 9.80. The van der Waals surface area contributed by atoms with Crippen molar-refractivity contribution in [2.45, 2.75) is 154 Å². The molecule has 0 amide bonds. The zero-order valence-electron chi connectivity index (χ0n) is 25.7. The van der Waals surface area contributed by atoms with Crippen molar-refractivity contribution in [2.75, 3.05) is 13.2 Å². The molecule has 0 aliphatic carbocycles. The molecule has 1 aromatic carbocycles. The van der Waals surface area contributed by atoms with E-state index in [0.29, 0.717) is 0 Å². The van der Waals surface area contributed by atoms with E-state index >= 15 is 0 Å². The van der Waals surface area contributed by atoms with Gasteiger partial charge >= 0.3 is 0 Å². The monoisotopic (exact) mass is 530 g/mol. The van der Waals surface area contributed by atoms with Crippen LogP contribution in [-0.4, -0.2) is 57.7 Å². The summed E-state index contributed by atoms with van der Waals surface area (Å²) in [6.07, 6.45) is 8.46. The van der Waals surface area contributed by atoms with Gasteiger partial charge in [-0.15, -0.1) is 20.5 Å². The van der Waals surface area contributed by atoms with Crippen LogP contribution in [0.5, 0.6) is 0 Å². The summed E-state index contributed by atoms with van der Waals surface area (Å²) in [6.45, 7) is 19.9. The summed E-state index contributed by atoms with van der Waals surface area (Å²) in [4.78, 5) is 0. The van der Waals surface area contributed by atoms with Gasteiger partial charge in [-0.25, -0.2) is 0 Å². The van der Waals surface area contributed by atoms with Crippen molar-refractivity contribution in [1.82, 2.24) is 10.1 Å². The number of rotatable bonds is 11. The summed E-state index contributed by atoms with van der Waals surface area (Å²) in [5.74, 6) is 0. The third-order valence-electron chi connectivity index (χ3n) is 8.67. The third kappa shape index (κ3) is 7.80. The normalized spacial score (nSPS) is 24.1. The maximum Gasteiger partial charge on any atom is 0.0611 e. The Hall–Kier alpha value is -1.02. The second-order valence-electron chi connectivity index (χ2n) is 14.3. The molecule has 0 bridgehead atoms. The first-order chi connectivity index (χ1) is 17.6. The molecular weight excluding hydrogens is 476 g/mol. The second kappa shape index (κ2) is 12.2. The van der Waals surface area contributed by atoms with E-state index in [4.69, 9.17) is 9.47 Å². The molecule has 0 unspecified atom stereocenters. The van der Waals surface area contributed by atoms with E-state index in [1.807, 2.05) is 55.4 Å². The average Bonchev–Trinajstić information content (AvgIpc) is 2.81. The Bertz CT molecular complexity index is 875. The largest absolute Gasteiger partial charge is 0.378 e. The van der Waals surface area contributed by atoms with Crippen molar-refractivity contribution in [3.63, 3.8) is 0 Å². The lowest BCUT2D eigenvalue weighted by molar-refractivity contribution is -0.301. The van der Waals surface area contributed by atoms with Crippen LogP contribution in [-0.2, 0) is 39.2 Å². The predicted octanol–water partition coefficient (Wildman–Crippen LogP) is 6.88. The molecule has 2 heterocycles. The molecule has 0 N–H and O–H groups in total. The van der Waals surface area contributed by atoms with Crippen LogP contribution in [0.4, 0.5) is 0 Å². The molecule has 0 atom stereocenters. The van der Waals surface area contributed by atoms with Gasteiger partial charge < -0.3 is 9.47 Å². The van der Waals surface area contributed by atoms with E-state index < -0.39 is 0 Å². The van der Waals surface area contributed by atoms with E-state index in [9.17, 15) is 10.4 Å². The summed E-state index contributed by atoms with van der Waals surface area (Å²) >= 11 is 0. The maximum atomic E-state index is 12.6. The zero-order valence-corrected chi connectivity index (χ0v) is 25.7. The number of hydrogen-bond donors (Lipinski definition) is 0. The molecule has 2 saturated heterocycles. The van der Waals surface area contributed by atoms with Gasteiger partial charge in [0.15, 0.2) is 0 Å². The predicted molar refractivity (Wildman–Crippen MR) is 152 cm³/mol. The Morgan fingerprint density at radius 2 is 1.11 bits per heavy atom. The number of nitrogens with zero attached hydrogens (tertiary/aromatic N) is 2. The van der Waals surface area contributed by atoms with Gasteiger partial charge in [-0.3, -0.25) is 0 Å². The van der Waals surface area contributed by atoms with Gasteiger partial charge in [-0.1, -0.05) is 25.1 Å². The Morgan fingerprint density at radius 3 is 1.53 bits per heavy atom. The summed E-state index contributed by atoms with van der Waals surface area (Å²) in [7, 11) is 0. The Morgan fingerprint density at radius 1 is 0.684 bits per heavy atom. The van der Waals surface area contributed by atoms with Gasteiger partial charge in [0.05, 0.1) is 12.2 Å².